The molecule has 0 aliphatic carbocycles. The van der Waals surface area contributed by atoms with Gasteiger partial charge in [0.2, 0.25) is 0 Å². The van der Waals surface area contributed by atoms with Crippen molar-refractivity contribution in [2.24, 2.45) is 5.92 Å². The van der Waals surface area contributed by atoms with Crippen molar-refractivity contribution in [3.05, 3.63) is 34.2 Å². The Kier molecular flexibility index (Phi) is 4.12. The summed E-state index contributed by atoms with van der Waals surface area (Å²) in [5, 5.41) is 21.4. The van der Waals surface area contributed by atoms with E-state index in [-0.39, 0.29) is 22.1 Å². The van der Waals surface area contributed by atoms with E-state index in [1.807, 2.05) is 18.7 Å². The summed E-state index contributed by atoms with van der Waals surface area (Å²) >= 11 is 0. The molecule has 6 nitrogen and oxygen atoms in total. The molecule has 0 N–H and O–H groups in total. The van der Waals surface area contributed by atoms with Crippen molar-refractivity contribution in [2.45, 2.75) is 45.1 Å². The molecule has 2 heterocycles. The van der Waals surface area contributed by atoms with Crippen LogP contribution in [0.1, 0.15) is 44.2 Å². The van der Waals surface area contributed by atoms with Gasteiger partial charge >= 0.3 is 0 Å². The monoisotopic (exact) mass is 328 g/mol. The fraction of sp³-hybridized carbons (Fsp3) is 0.556. The standard InChI is InChI=1S/C18H22N3O3/c1-12-5-4-8-20(11-12)16-14(10-19)17-13(9-15(16)21(22)23)6-7-18(2,3)24-17/h9,12H,1,4-8,11H2,2-3H3/t12-/m1/s1. The van der Waals surface area contributed by atoms with E-state index in [0.717, 1.165) is 24.8 Å². The molecule has 0 saturated carbocycles. The Hall–Kier alpha value is -2.29. The van der Waals surface area contributed by atoms with E-state index in [2.05, 4.69) is 13.0 Å². The molecule has 1 atom stereocenters. The summed E-state index contributed by atoms with van der Waals surface area (Å²) in [7, 11) is 0. The van der Waals surface area contributed by atoms with Crippen LogP contribution in [0.5, 0.6) is 5.75 Å². The first-order valence-corrected chi connectivity index (χ1v) is 8.34. The highest BCUT2D eigenvalue weighted by Gasteiger charge is 2.36. The number of nitro benzene ring substituents is 1. The van der Waals surface area contributed by atoms with E-state index in [0.29, 0.717) is 36.5 Å². The first-order valence-electron chi connectivity index (χ1n) is 8.34. The zero-order valence-corrected chi connectivity index (χ0v) is 14.2. The van der Waals surface area contributed by atoms with Crippen molar-refractivity contribution in [3.63, 3.8) is 0 Å². The highest BCUT2D eigenvalue weighted by molar-refractivity contribution is 5.78. The Bertz CT molecular complexity index is 721. The molecule has 6 heteroatoms. The van der Waals surface area contributed by atoms with Gasteiger partial charge in [-0.3, -0.25) is 10.1 Å². The lowest BCUT2D eigenvalue weighted by molar-refractivity contribution is -0.384. The Balaban J connectivity index is 2.19. The van der Waals surface area contributed by atoms with Crippen LogP contribution >= 0.6 is 0 Å². The van der Waals surface area contributed by atoms with Crippen LogP contribution in [0.15, 0.2) is 6.07 Å². The second-order valence-electron chi connectivity index (χ2n) is 7.29. The summed E-state index contributed by atoms with van der Waals surface area (Å²) in [6, 6.07) is 3.77. The van der Waals surface area contributed by atoms with Crippen LogP contribution in [-0.4, -0.2) is 23.6 Å². The van der Waals surface area contributed by atoms with Crippen LogP contribution in [0.2, 0.25) is 0 Å². The van der Waals surface area contributed by atoms with Gasteiger partial charge < -0.3 is 9.64 Å². The van der Waals surface area contributed by atoms with E-state index in [4.69, 9.17) is 4.74 Å². The van der Waals surface area contributed by atoms with Crippen molar-refractivity contribution >= 4 is 11.4 Å². The Labute approximate surface area is 142 Å². The number of aryl methyl sites for hydroxylation is 1. The molecule has 0 aromatic heterocycles. The lowest BCUT2D eigenvalue weighted by Gasteiger charge is -2.36. The zero-order valence-electron chi connectivity index (χ0n) is 14.2. The van der Waals surface area contributed by atoms with Gasteiger partial charge in [-0.1, -0.05) is 0 Å². The molecule has 0 bridgehead atoms. The quantitative estimate of drug-likeness (QED) is 0.612. The average Bonchev–Trinajstić information content (AvgIpc) is 2.52. The molecule has 1 aromatic carbocycles. The molecule has 1 radical (unpaired) electrons. The number of nitrogens with zero attached hydrogens (tertiary/aromatic N) is 3. The average molecular weight is 328 g/mol. The maximum absolute atomic E-state index is 11.6. The Morgan fingerprint density at radius 3 is 2.92 bits per heavy atom. The number of nitro groups is 1. The van der Waals surface area contributed by atoms with Gasteiger partial charge in [0, 0.05) is 24.7 Å². The highest BCUT2D eigenvalue weighted by Crippen LogP contribution is 2.45. The molecule has 0 unspecified atom stereocenters. The summed E-state index contributed by atoms with van der Waals surface area (Å²) in [4.78, 5) is 13.2. The van der Waals surface area contributed by atoms with Gasteiger partial charge in [0.1, 0.15) is 28.7 Å². The van der Waals surface area contributed by atoms with Crippen LogP contribution in [0, 0.1) is 34.3 Å². The molecule has 127 valence electrons. The minimum atomic E-state index is -0.386. The normalized spacial score (nSPS) is 22.2. The van der Waals surface area contributed by atoms with E-state index in [9.17, 15) is 15.4 Å². The van der Waals surface area contributed by atoms with E-state index >= 15 is 0 Å². The first kappa shape index (κ1) is 16.6. The summed E-state index contributed by atoms with van der Waals surface area (Å²) in [5.74, 6) is 0.721. The van der Waals surface area contributed by atoms with Crippen molar-refractivity contribution in [2.75, 3.05) is 18.0 Å². The number of hydrogen-bond acceptors (Lipinski definition) is 5. The maximum atomic E-state index is 11.6. The largest absolute Gasteiger partial charge is 0.486 e. The summed E-state index contributed by atoms with van der Waals surface area (Å²) in [5.41, 5.74) is 1.07. The second kappa shape index (κ2) is 5.97. The van der Waals surface area contributed by atoms with Crippen LogP contribution in [0.3, 0.4) is 0 Å². The van der Waals surface area contributed by atoms with E-state index in [1.165, 1.54) is 0 Å². The zero-order chi connectivity index (χ0) is 17.5. The molecule has 1 aromatic rings. The Morgan fingerprint density at radius 2 is 2.29 bits per heavy atom. The summed E-state index contributed by atoms with van der Waals surface area (Å²) < 4.78 is 6.05. The second-order valence-corrected chi connectivity index (χ2v) is 7.29. The third-order valence-corrected chi connectivity index (χ3v) is 4.83. The van der Waals surface area contributed by atoms with E-state index in [1.54, 1.807) is 6.07 Å². The molecule has 1 saturated heterocycles. The number of ether oxygens (including phenoxy) is 1. The van der Waals surface area contributed by atoms with Gasteiger partial charge in [-0.05, 0) is 52.4 Å². The third-order valence-electron chi connectivity index (χ3n) is 4.83. The smallest absolute Gasteiger partial charge is 0.294 e. The van der Waals surface area contributed by atoms with Crippen LogP contribution in [0.4, 0.5) is 11.4 Å². The molecule has 0 spiro atoms. The van der Waals surface area contributed by atoms with Crippen LogP contribution < -0.4 is 9.64 Å². The minimum Gasteiger partial charge on any atom is -0.486 e. The van der Waals surface area contributed by atoms with Crippen LogP contribution in [-0.2, 0) is 6.42 Å². The number of rotatable bonds is 2. The van der Waals surface area contributed by atoms with Crippen molar-refractivity contribution in [1.82, 2.24) is 0 Å². The van der Waals surface area contributed by atoms with E-state index < -0.39 is 0 Å². The van der Waals surface area contributed by atoms with Gasteiger partial charge in [-0.15, -0.1) is 0 Å². The molecule has 3 rings (SSSR count). The lowest BCUT2D eigenvalue weighted by atomic mass is 9.90. The molecule has 2 aliphatic rings. The predicted molar refractivity (Wildman–Crippen MR) is 91.1 cm³/mol. The molecular weight excluding hydrogens is 306 g/mol. The molecule has 0 amide bonds. The first-order chi connectivity index (χ1) is 11.3. The SMILES string of the molecule is [CH2][C@@H]1CCCN(c2c([N+](=O)[O-])cc3c(c2C#N)OC(C)(C)CC3)C1. The molecule has 24 heavy (non-hydrogen) atoms. The van der Waals surface area contributed by atoms with Crippen molar-refractivity contribution in [1.29, 1.82) is 5.26 Å². The fourth-order valence-corrected chi connectivity index (χ4v) is 3.59. The third kappa shape index (κ3) is 2.91. The summed E-state index contributed by atoms with van der Waals surface area (Å²) in [6.07, 6.45) is 3.36. The predicted octanol–water partition coefficient (Wildman–Crippen LogP) is 3.62. The summed E-state index contributed by atoms with van der Waals surface area (Å²) in [6.45, 7) is 9.36. The fourth-order valence-electron chi connectivity index (χ4n) is 3.59. The topological polar surface area (TPSA) is 79.4 Å². The van der Waals surface area contributed by atoms with Crippen molar-refractivity contribution < 1.29 is 9.66 Å². The van der Waals surface area contributed by atoms with Crippen molar-refractivity contribution in [3.8, 4) is 11.8 Å². The van der Waals surface area contributed by atoms with Gasteiger partial charge in [0.25, 0.3) is 5.69 Å². The molecular formula is C18H22N3O3. The number of piperidine rings is 1. The van der Waals surface area contributed by atoms with Crippen LogP contribution in [0.25, 0.3) is 0 Å². The maximum Gasteiger partial charge on any atom is 0.294 e. The number of benzene rings is 1. The van der Waals surface area contributed by atoms with Gasteiger partial charge in [0.15, 0.2) is 0 Å². The number of fused-ring (bicyclic) bond motifs is 1. The Morgan fingerprint density at radius 1 is 1.54 bits per heavy atom. The number of anilines is 1. The number of hydrogen-bond donors (Lipinski definition) is 0. The lowest BCUT2D eigenvalue weighted by Crippen LogP contribution is -2.37. The molecule has 2 aliphatic heterocycles. The minimum absolute atomic E-state index is 0.00251. The molecule has 1 fully saturated rings. The van der Waals surface area contributed by atoms with Gasteiger partial charge in [0.05, 0.1) is 4.92 Å². The van der Waals surface area contributed by atoms with Gasteiger partial charge in [-0.25, -0.2) is 0 Å². The number of nitriles is 1. The highest BCUT2D eigenvalue weighted by atomic mass is 16.6. The van der Waals surface area contributed by atoms with Gasteiger partial charge in [-0.2, -0.15) is 5.26 Å².